The van der Waals surface area contributed by atoms with Crippen molar-refractivity contribution < 1.29 is 19.4 Å². The topological polar surface area (TPSA) is 62.3 Å². The highest BCUT2D eigenvalue weighted by atomic mass is 32.1. The predicted molar refractivity (Wildman–Crippen MR) is 102 cm³/mol. The first-order valence-corrected chi connectivity index (χ1v) is 10.6. The first-order valence-electron chi connectivity index (χ1n) is 8.87. The molecule has 0 radical (unpaired) electrons. The summed E-state index contributed by atoms with van der Waals surface area (Å²) in [4.78, 5) is 16.5. The molecule has 26 heavy (non-hydrogen) atoms. The summed E-state index contributed by atoms with van der Waals surface area (Å²) in [5.74, 6) is -0.583. The zero-order valence-electron chi connectivity index (χ0n) is 14.8. The fourth-order valence-corrected chi connectivity index (χ4v) is 5.42. The van der Waals surface area contributed by atoms with E-state index in [1.807, 2.05) is 22.9 Å². The molecule has 2 aliphatic heterocycles. The number of epoxide rings is 1. The lowest BCUT2D eigenvalue weighted by molar-refractivity contribution is -0.170. The van der Waals surface area contributed by atoms with E-state index in [0.717, 1.165) is 19.4 Å². The van der Waals surface area contributed by atoms with Crippen molar-refractivity contribution in [2.75, 3.05) is 13.6 Å². The van der Waals surface area contributed by atoms with Gasteiger partial charge in [-0.25, -0.2) is 4.79 Å². The fourth-order valence-electron chi connectivity index (χ4n) is 3.71. The van der Waals surface area contributed by atoms with Crippen LogP contribution in [-0.2, 0) is 19.9 Å². The molecule has 2 aliphatic rings. The zero-order chi connectivity index (χ0) is 18.3. The molecular weight excluding hydrogens is 370 g/mol. The number of carbonyl (C=O) groups excluding carboxylic acids is 1. The summed E-state index contributed by atoms with van der Waals surface area (Å²) >= 11 is 2.72. The van der Waals surface area contributed by atoms with Crippen LogP contribution >= 0.6 is 22.7 Å². The second-order valence-corrected chi connectivity index (χ2v) is 8.97. The van der Waals surface area contributed by atoms with Crippen molar-refractivity contribution in [1.29, 1.82) is 0 Å². The Morgan fingerprint density at radius 2 is 1.92 bits per heavy atom. The quantitative estimate of drug-likeness (QED) is 0.625. The van der Waals surface area contributed by atoms with Crippen LogP contribution in [0.1, 0.15) is 29.5 Å². The van der Waals surface area contributed by atoms with Crippen LogP contribution in [0.2, 0.25) is 0 Å². The number of esters is 1. The number of carbonyl (C=O) groups is 1. The summed E-state index contributed by atoms with van der Waals surface area (Å²) in [6, 6.07) is 7.49. The monoisotopic (exact) mass is 393 g/mol. The second-order valence-electron chi connectivity index (χ2n) is 7.07. The van der Waals surface area contributed by atoms with E-state index in [0.29, 0.717) is 9.75 Å². The third-order valence-corrected chi connectivity index (χ3v) is 7.29. The van der Waals surface area contributed by atoms with Crippen molar-refractivity contribution >= 4 is 28.6 Å². The van der Waals surface area contributed by atoms with E-state index in [1.54, 1.807) is 12.1 Å². The minimum Gasteiger partial charge on any atom is -0.460 e. The lowest BCUT2D eigenvalue weighted by atomic mass is 9.95. The number of hydrogen-bond donors (Lipinski definition) is 1. The second kappa shape index (κ2) is 7.05. The fraction of sp³-hybridized carbons (Fsp3) is 0.526. The summed E-state index contributed by atoms with van der Waals surface area (Å²) in [7, 11) is 2.09. The van der Waals surface area contributed by atoms with Gasteiger partial charge in [-0.2, -0.15) is 0 Å². The van der Waals surface area contributed by atoms with E-state index in [2.05, 4.69) is 18.9 Å². The Hall–Kier alpha value is -1.25. The van der Waals surface area contributed by atoms with Crippen LogP contribution in [0.15, 0.2) is 35.0 Å². The minimum atomic E-state index is -1.73. The number of likely N-dealkylation sites (tertiary alicyclic amines) is 1. The first-order chi connectivity index (χ1) is 12.5. The lowest BCUT2D eigenvalue weighted by Crippen LogP contribution is -2.48. The molecule has 4 atom stereocenters. The number of thiophene rings is 2. The Labute approximate surface area is 161 Å². The molecule has 0 aromatic carbocycles. The van der Waals surface area contributed by atoms with Gasteiger partial charge in [-0.1, -0.05) is 12.1 Å². The lowest BCUT2D eigenvalue weighted by Gasteiger charge is -2.37. The van der Waals surface area contributed by atoms with Crippen LogP contribution in [0.25, 0.3) is 0 Å². The van der Waals surface area contributed by atoms with Gasteiger partial charge < -0.3 is 19.5 Å². The maximum Gasteiger partial charge on any atom is 0.349 e. The highest BCUT2D eigenvalue weighted by Gasteiger charge is 2.48. The number of ether oxygens (including phenoxy) is 2. The number of nitrogens with zero attached hydrogens (tertiary/aromatic N) is 1. The van der Waals surface area contributed by atoms with Gasteiger partial charge >= 0.3 is 5.97 Å². The third-order valence-electron chi connectivity index (χ3n) is 5.34. The van der Waals surface area contributed by atoms with Crippen LogP contribution in [0.4, 0.5) is 0 Å². The molecular formula is C19H23NO4S2. The van der Waals surface area contributed by atoms with E-state index in [4.69, 9.17) is 9.47 Å². The first kappa shape index (κ1) is 18.1. The highest BCUT2D eigenvalue weighted by molar-refractivity contribution is 7.12. The van der Waals surface area contributed by atoms with Crippen molar-refractivity contribution in [3.8, 4) is 0 Å². The van der Waals surface area contributed by atoms with Gasteiger partial charge in [0.15, 0.2) is 0 Å². The van der Waals surface area contributed by atoms with Crippen LogP contribution in [-0.4, -0.2) is 53.9 Å². The summed E-state index contributed by atoms with van der Waals surface area (Å²) < 4.78 is 11.5. The van der Waals surface area contributed by atoms with Crippen LogP contribution in [0, 0.1) is 0 Å². The molecule has 0 amide bonds. The average Bonchev–Trinajstić information content (AvgIpc) is 3.10. The number of likely N-dealkylation sites (N-methyl/N-ethyl adjacent to an activating group) is 1. The maximum absolute atomic E-state index is 13.1. The molecule has 2 aromatic rings. The summed E-state index contributed by atoms with van der Waals surface area (Å²) in [5, 5.41) is 15.0. The molecule has 0 bridgehead atoms. The van der Waals surface area contributed by atoms with Gasteiger partial charge in [-0.15, -0.1) is 22.7 Å². The SMILES string of the molecule is CC1OC1C1CC(OC(=O)C(O)(c2cccs2)c2cccs2)CCN1C. The predicted octanol–water partition coefficient (Wildman–Crippen LogP) is 2.84. The number of hydrogen-bond acceptors (Lipinski definition) is 7. The highest BCUT2D eigenvalue weighted by Crippen LogP contribution is 2.38. The smallest absolute Gasteiger partial charge is 0.349 e. The van der Waals surface area contributed by atoms with Gasteiger partial charge in [0.1, 0.15) is 6.10 Å². The standard InChI is InChI=1S/C19H23NO4S2/c1-12-17(23-12)14-11-13(7-8-20(14)2)24-18(21)19(22,15-5-3-9-25-15)16-6-4-10-26-16/h3-6,9-10,12-14,17,22H,7-8,11H2,1-2H3. The largest absolute Gasteiger partial charge is 0.460 e. The zero-order valence-corrected chi connectivity index (χ0v) is 16.5. The van der Waals surface area contributed by atoms with Crippen molar-refractivity contribution in [1.82, 2.24) is 4.90 Å². The normalized spacial score (nSPS) is 29.5. The van der Waals surface area contributed by atoms with Crippen LogP contribution in [0.5, 0.6) is 0 Å². The Bertz CT molecular complexity index is 709. The van der Waals surface area contributed by atoms with Crippen molar-refractivity contribution in [2.24, 2.45) is 0 Å². The van der Waals surface area contributed by atoms with E-state index in [-0.39, 0.29) is 24.4 Å². The van der Waals surface area contributed by atoms with Gasteiger partial charge in [0, 0.05) is 19.0 Å². The van der Waals surface area contributed by atoms with E-state index < -0.39 is 11.6 Å². The van der Waals surface area contributed by atoms with E-state index in [9.17, 15) is 9.90 Å². The Kier molecular flexibility index (Phi) is 4.92. The molecule has 2 fully saturated rings. The van der Waals surface area contributed by atoms with E-state index in [1.165, 1.54) is 22.7 Å². The molecule has 0 saturated carbocycles. The summed E-state index contributed by atoms with van der Waals surface area (Å²) in [5.41, 5.74) is -1.73. The molecule has 5 nitrogen and oxygen atoms in total. The van der Waals surface area contributed by atoms with Gasteiger partial charge in [0.05, 0.1) is 22.0 Å². The minimum absolute atomic E-state index is 0.202. The molecule has 1 N–H and O–H groups in total. The molecule has 4 rings (SSSR count). The Morgan fingerprint density at radius 3 is 2.42 bits per heavy atom. The summed E-state index contributed by atoms with van der Waals surface area (Å²) in [6.07, 6.45) is 1.79. The average molecular weight is 394 g/mol. The maximum atomic E-state index is 13.1. The van der Waals surface area contributed by atoms with Gasteiger partial charge in [0.2, 0.25) is 5.60 Å². The van der Waals surface area contributed by atoms with Crippen molar-refractivity contribution in [3.63, 3.8) is 0 Å². The third kappa shape index (κ3) is 3.23. The van der Waals surface area contributed by atoms with Crippen molar-refractivity contribution in [3.05, 3.63) is 44.8 Å². The number of piperidine rings is 1. The summed E-state index contributed by atoms with van der Waals surface area (Å²) in [6.45, 7) is 2.92. The molecule has 140 valence electrons. The van der Waals surface area contributed by atoms with Gasteiger partial charge in [-0.05, 0) is 43.3 Å². The molecule has 7 heteroatoms. The molecule has 2 saturated heterocycles. The Balaban J connectivity index is 1.52. The van der Waals surface area contributed by atoms with Crippen LogP contribution < -0.4 is 0 Å². The number of aliphatic hydroxyl groups is 1. The molecule has 0 spiro atoms. The van der Waals surface area contributed by atoms with Gasteiger partial charge in [-0.3, -0.25) is 0 Å². The number of rotatable bonds is 5. The molecule has 2 aromatic heterocycles. The molecule has 4 unspecified atom stereocenters. The molecule has 4 heterocycles. The van der Waals surface area contributed by atoms with Crippen molar-refractivity contribution in [2.45, 2.75) is 49.7 Å². The van der Waals surface area contributed by atoms with Gasteiger partial charge in [0.25, 0.3) is 0 Å². The molecule has 0 aliphatic carbocycles. The van der Waals surface area contributed by atoms with E-state index >= 15 is 0 Å². The van der Waals surface area contributed by atoms with Crippen LogP contribution in [0.3, 0.4) is 0 Å². The Morgan fingerprint density at radius 1 is 1.31 bits per heavy atom.